The van der Waals surface area contributed by atoms with Crippen LogP contribution in [0.4, 0.5) is 0 Å². The van der Waals surface area contributed by atoms with Gasteiger partial charge in [0.15, 0.2) is 0 Å². The molecule has 1 fully saturated rings. The van der Waals surface area contributed by atoms with Gasteiger partial charge in [-0.2, -0.15) is 0 Å². The maximum atomic E-state index is 13.0. The SMILES string of the molecule is CCCCN(Cc1cccn1Cc1cccc(C)c1)C(=O)CCC1CCCC1. The van der Waals surface area contributed by atoms with E-state index in [4.69, 9.17) is 0 Å². The van der Waals surface area contributed by atoms with E-state index in [1.807, 2.05) is 0 Å². The molecule has 3 nitrogen and oxygen atoms in total. The molecule has 1 aliphatic rings. The number of aromatic nitrogens is 1. The number of rotatable bonds is 10. The second-order valence-electron chi connectivity index (χ2n) is 8.47. The quantitative estimate of drug-likeness (QED) is 0.500. The molecule has 1 amide bonds. The van der Waals surface area contributed by atoms with Gasteiger partial charge in [-0.15, -0.1) is 0 Å². The molecule has 152 valence electrons. The van der Waals surface area contributed by atoms with Crippen molar-refractivity contribution in [3.8, 4) is 0 Å². The number of benzene rings is 1. The molecule has 0 aliphatic heterocycles. The third-order valence-corrected chi connectivity index (χ3v) is 6.09. The lowest BCUT2D eigenvalue weighted by Crippen LogP contribution is -2.32. The molecular formula is C25H36N2O. The molecule has 0 spiro atoms. The van der Waals surface area contributed by atoms with Gasteiger partial charge in [0.25, 0.3) is 0 Å². The summed E-state index contributed by atoms with van der Waals surface area (Å²) in [4.78, 5) is 15.1. The van der Waals surface area contributed by atoms with E-state index in [1.54, 1.807) is 0 Å². The number of carbonyl (C=O) groups excluding carboxylic acids is 1. The summed E-state index contributed by atoms with van der Waals surface area (Å²) in [6, 6.07) is 12.9. The summed E-state index contributed by atoms with van der Waals surface area (Å²) in [7, 11) is 0. The van der Waals surface area contributed by atoms with Gasteiger partial charge in [-0.25, -0.2) is 0 Å². The molecule has 0 N–H and O–H groups in total. The molecule has 0 radical (unpaired) electrons. The van der Waals surface area contributed by atoms with Crippen LogP contribution in [-0.4, -0.2) is 21.9 Å². The summed E-state index contributed by atoms with van der Waals surface area (Å²) in [5, 5.41) is 0. The van der Waals surface area contributed by atoms with Crippen LogP contribution in [0.5, 0.6) is 0 Å². The second-order valence-corrected chi connectivity index (χ2v) is 8.47. The number of amides is 1. The lowest BCUT2D eigenvalue weighted by Gasteiger charge is -2.24. The van der Waals surface area contributed by atoms with Crippen molar-refractivity contribution in [3.05, 3.63) is 59.4 Å². The molecule has 1 aromatic carbocycles. The minimum Gasteiger partial charge on any atom is -0.345 e. The normalized spacial score (nSPS) is 14.5. The van der Waals surface area contributed by atoms with E-state index in [-0.39, 0.29) is 0 Å². The predicted molar refractivity (Wildman–Crippen MR) is 116 cm³/mol. The number of hydrogen-bond donors (Lipinski definition) is 0. The highest BCUT2D eigenvalue weighted by molar-refractivity contribution is 5.76. The number of hydrogen-bond acceptors (Lipinski definition) is 1. The van der Waals surface area contributed by atoms with Crippen molar-refractivity contribution in [3.63, 3.8) is 0 Å². The summed E-state index contributed by atoms with van der Waals surface area (Å²) in [6.07, 6.45) is 11.5. The molecule has 2 aromatic rings. The number of aryl methyl sites for hydroxylation is 1. The van der Waals surface area contributed by atoms with Gasteiger partial charge >= 0.3 is 0 Å². The standard InChI is InChI=1S/C25H36N2O/c1-3-4-16-27(25(28)15-14-22-10-5-6-11-22)20-24-13-8-17-26(24)19-23-12-7-9-21(2)18-23/h7-9,12-13,17-18,22H,3-6,10-11,14-16,19-20H2,1-2H3. The van der Waals surface area contributed by atoms with Crippen molar-refractivity contribution < 1.29 is 4.79 Å². The fraction of sp³-hybridized carbons (Fsp3) is 0.560. The molecule has 0 atom stereocenters. The Hall–Kier alpha value is -2.03. The summed E-state index contributed by atoms with van der Waals surface area (Å²) in [6.45, 7) is 6.79. The Bertz CT molecular complexity index is 743. The molecule has 3 heteroatoms. The van der Waals surface area contributed by atoms with E-state index >= 15 is 0 Å². The Morgan fingerprint density at radius 1 is 1.18 bits per heavy atom. The maximum Gasteiger partial charge on any atom is 0.222 e. The van der Waals surface area contributed by atoms with Gasteiger partial charge in [-0.3, -0.25) is 4.79 Å². The molecule has 1 saturated carbocycles. The first kappa shape index (κ1) is 20.7. The fourth-order valence-electron chi connectivity index (χ4n) is 4.38. The Morgan fingerprint density at radius 3 is 2.75 bits per heavy atom. The van der Waals surface area contributed by atoms with Crippen molar-refractivity contribution in [2.24, 2.45) is 5.92 Å². The molecule has 1 aromatic heterocycles. The van der Waals surface area contributed by atoms with Gasteiger partial charge in [0.05, 0.1) is 6.54 Å². The van der Waals surface area contributed by atoms with Crippen LogP contribution in [0.1, 0.15) is 75.1 Å². The summed E-state index contributed by atoms with van der Waals surface area (Å²) >= 11 is 0. The zero-order valence-corrected chi connectivity index (χ0v) is 17.7. The maximum absolute atomic E-state index is 13.0. The number of nitrogens with zero attached hydrogens (tertiary/aromatic N) is 2. The summed E-state index contributed by atoms with van der Waals surface area (Å²) in [5.41, 5.74) is 3.83. The van der Waals surface area contributed by atoms with E-state index < -0.39 is 0 Å². The average molecular weight is 381 g/mol. The van der Waals surface area contributed by atoms with Crippen LogP contribution in [0.2, 0.25) is 0 Å². The predicted octanol–water partition coefficient (Wildman–Crippen LogP) is 5.94. The largest absolute Gasteiger partial charge is 0.345 e. The van der Waals surface area contributed by atoms with Crippen LogP contribution < -0.4 is 0 Å². The van der Waals surface area contributed by atoms with Crippen LogP contribution in [-0.2, 0) is 17.9 Å². The van der Waals surface area contributed by atoms with Crippen molar-refractivity contribution >= 4 is 5.91 Å². The minimum absolute atomic E-state index is 0.337. The molecule has 1 aliphatic carbocycles. The first-order valence-corrected chi connectivity index (χ1v) is 11.1. The Labute approximate surface area is 170 Å². The molecule has 0 bridgehead atoms. The molecular weight excluding hydrogens is 344 g/mol. The van der Waals surface area contributed by atoms with E-state index in [0.29, 0.717) is 12.3 Å². The summed E-state index contributed by atoms with van der Waals surface area (Å²) < 4.78 is 2.29. The summed E-state index contributed by atoms with van der Waals surface area (Å²) in [5.74, 6) is 1.12. The lowest BCUT2D eigenvalue weighted by molar-refractivity contribution is -0.132. The van der Waals surface area contributed by atoms with Crippen molar-refractivity contribution in [1.82, 2.24) is 9.47 Å². The van der Waals surface area contributed by atoms with Crippen LogP contribution in [0, 0.1) is 12.8 Å². The van der Waals surface area contributed by atoms with E-state index in [2.05, 4.69) is 65.9 Å². The van der Waals surface area contributed by atoms with Gasteiger partial charge in [-0.05, 0) is 43.4 Å². The van der Waals surface area contributed by atoms with E-state index in [0.717, 1.165) is 44.8 Å². The van der Waals surface area contributed by atoms with Crippen LogP contribution in [0.25, 0.3) is 0 Å². The highest BCUT2D eigenvalue weighted by atomic mass is 16.2. The number of carbonyl (C=O) groups is 1. The average Bonchev–Trinajstić information content (AvgIpc) is 3.35. The smallest absolute Gasteiger partial charge is 0.222 e. The Kier molecular flexibility index (Phi) is 7.76. The fourth-order valence-corrected chi connectivity index (χ4v) is 4.38. The van der Waals surface area contributed by atoms with Gasteiger partial charge in [0, 0.05) is 31.4 Å². The highest BCUT2D eigenvalue weighted by Gasteiger charge is 2.20. The molecule has 0 unspecified atom stereocenters. The highest BCUT2D eigenvalue weighted by Crippen LogP contribution is 2.28. The third kappa shape index (κ3) is 5.98. The zero-order chi connectivity index (χ0) is 19.8. The second kappa shape index (κ2) is 10.5. The van der Waals surface area contributed by atoms with Crippen LogP contribution >= 0.6 is 0 Å². The minimum atomic E-state index is 0.337. The molecule has 3 rings (SSSR count). The van der Waals surface area contributed by atoms with Crippen molar-refractivity contribution in [2.45, 2.75) is 78.3 Å². The van der Waals surface area contributed by atoms with Gasteiger partial charge in [0.1, 0.15) is 0 Å². The topological polar surface area (TPSA) is 25.2 Å². The Morgan fingerprint density at radius 2 is 2.00 bits per heavy atom. The van der Waals surface area contributed by atoms with Gasteiger partial charge < -0.3 is 9.47 Å². The molecule has 0 saturated heterocycles. The van der Waals surface area contributed by atoms with Crippen LogP contribution in [0.15, 0.2) is 42.6 Å². The van der Waals surface area contributed by atoms with Gasteiger partial charge in [-0.1, -0.05) is 68.9 Å². The lowest BCUT2D eigenvalue weighted by atomic mass is 10.0. The monoisotopic (exact) mass is 380 g/mol. The molecule has 1 heterocycles. The van der Waals surface area contributed by atoms with E-state index in [9.17, 15) is 4.79 Å². The number of unbranched alkanes of at least 4 members (excludes halogenated alkanes) is 1. The first-order valence-electron chi connectivity index (χ1n) is 11.1. The zero-order valence-electron chi connectivity index (χ0n) is 17.7. The van der Waals surface area contributed by atoms with Crippen molar-refractivity contribution in [2.75, 3.05) is 6.54 Å². The van der Waals surface area contributed by atoms with E-state index in [1.165, 1.54) is 42.5 Å². The third-order valence-electron chi connectivity index (χ3n) is 6.09. The van der Waals surface area contributed by atoms with Gasteiger partial charge in [0.2, 0.25) is 5.91 Å². The first-order chi connectivity index (χ1) is 13.7. The van der Waals surface area contributed by atoms with Crippen LogP contribution in [0.3, 0.4) is 0 Å². The molecule has 28 heavy (non-hydrogen) atoms. The van der Waals surface area contributed by atoms with Crippen molar-refractivity contribution in [1.29, 1.82) is 0 Å². The Balaban J connectivity index is 1.63.